The molecule has 0 saturated heterocycles. The van der Waals surface area contributed by atoms with Gasteiger partial charge in [0.05, 0.1) is 15.8 Å². The summed E-state index contributed by atoms with van der Waals surface area (Å²) in [5.41, 5.74) is 2.57. The maximum Gasteiger partial charge on any atom is 0.346 e. The molecule has 0 saturated carbocycles. The highest BCUT2D eigenvalue weighted by atomic mass is 32.1. The molecule has 2 heterocycles. The molecule has 0 radical (unpaired) electrons. The minimum atomic E-state index is -0.400. The number of ether oxygens (including phenoxy) is 1. The van der Waals surface area contributed by atoms with Gasteiger partial charge in [0.25, 0.3) is 0 Å². The Morgan fingerprint density at radius 3 is 2.67 bits per heavy atom. The molecule has 2 aromatic heterocycles. The van der Waals surface area contributed by atoms with Gasteiger partial charge < -0.3 is 9.15 Å². The standard InChI is InChI=1S/C25H17NO3S/c27-25-20(24-26-21-10-4-5-11-23(21)30-24)15-18-12-13-19(16-22(18)29-25)28-14-6-9-17-7-2-1-3-8-17/h1-13,15-16H,14H2. The minimum Gasteiger partial charge on any atom is -0.489 e. The van der Waals surface area contributed by atoms with Crippen LogP contribution in [0.25, 0.3) is 37.8 Å². The van der Waals surface area contributed by atoms with Gasteiger partial charge in [0.2, 0.25) is 0 Å². The third-order valence-corrected chi connectivity index (χ3v) is 5.76. The first-order valence-electron chi connectivity index (χ1n) is 9.54. The lowest BCUT2D eigenvalue weighted by Crippen LogP contribution is -2.02. The Kier molecular flexibility index (Phi) is 4.87. The molecule has 0 aliphatic heterocycles. The molecule has 30 heavy (non-hydrogen) atoms. The van der Waals surface area contributed by atoms with Crippen LogP contribution in [0, 0.1) is 0 Å². The summed E-state index contributed by atoms with van der Waals surface area (Å²) < 4.78 is 12.4. The molecular formula is C25H17NO3S. The second kappa shape index (κ2) is 7.97. The number of fused-ring (bicyclic) bond motifs is 2. The number of hydrogen-bond acceptors (Lipinski definition) is 5. The van der Waals surface area contributed by atoms with E-state index in [0.29, 0.717) is 28.5 Å². The third-order valence-electron chi connectivity index (χ3n) is 4.69. The van der Waals surface area contributed by atoms with Crippen molar-refractivity contribution in [3.05, 3.63) is 101 Å². The summed E-state index contributed by atoms with van der Waals surface area (Å²) in [4.78, 5) is 17.2. The highest BCUT2D eigenvalue weighted by Gasteiger charge is 2.13. The summed E-state index contributed by atoms with van der Waals surface area (Å²) in [5, 5.41) is 1.49. The highest BCUT2D eigenvalue weighted by molar-refractivity contribution is 7.21. The Hall–Kier alpha value is -3.70. The van der Waals surface area contributed by atoms with Crippen molar-refractivity contribution in [1.29, 1.82) is 0 Å². The average molecular weight is 411 g/mol. The summed E-state index contributed by atoms with van der Waals surface area (Å²) >= 11 is 1.48. The molecule has 0 atom stereocenters. The van der Waals surface area contributed by atoms with E-state index in [1.54, 1.807) is 6.07 Å². The average Bonchev–Trinajstić information content (AvgIpc) is 3.21. The van der Waals surface area contributed by atoms with Gasteiger partial charge in [-0.15, -0.1) is 11.3 Å². The smallest absolute Gasteiger partial charge is 0.346 e. The van der Waals surface area contributed by atoms with E-state index in [1.165, 1.54) is 11.3 Å². The van der Waals surface area contributed by atoms with Crippen LogP contribution in [0.3, 0.4) is 0 Å². The Balaban J connectivity index is 1.38. The van der Waals surface area contributed by atoms with Gasteiger partial charge in [-0.25, -0.2) is 9.78 Å². The number of hydrogen-bond donors (Lipinski definition) is 0. The highest BCUT2D eigenvalue weighted by Crippen LogP contribution is 2.30. The predicted molar refractivity (Wildman–Crippen MR) is 122 cm³/mol. The SMILES string of the molecule is O=c1oc2cc(OCC=Cc3ccccc3)ccc2cc1-c1nc2ccccc2s1. The first kappa shape index (κ1) is 18.3. The lowest BCUT2D eigenvalue weighted by Gasteiger charge is -2.05. The molecule has 4 nitrogen and oxygen atoms in total. The van der Waals surface area contributed by atoms with Crippen LogP contribution in [0.5, 0.6) is 5.75 Å². The molecule has 5 heteroatoms. The van der Waals surface area contributed by atoms with Crippen molar-refractivity contribution < 1.29 is 9.15 Å². The Morgan fingerprint density at radius 1 is 0.967 bits per heavy atom. The van der Waals surface area contributed by atoms with Crippen LogP contribution >= 0.6 is 11.3 Å². The van der Waals surface area contributed by atoms with E-state index in [4.69, 9.17) is 9.15 Å². The molecule has 0 fully saturated rings. The van der Waals surface area contributed by atoms with Gasteiger partial charge in [0, 0.05) is 11.5 Å². The largest absolute Gasteiger partial charge is 0.489 e. The van der Waals surface area contributed by atoms with Gasteiger partial charge in [-0.2, -0.15) is 0 Å². The van der Waals surface area contributed by atoms with E-state index in [0.717, 1.165) is 21.2 Å². The lowest BCUT2D eigenvalue weighted by atomic mass is 10.2. The Labute approximate surface area is 176 Å². The fourth-order valence-corrected chi connectivity index (χ4v) is 4.18. The van der Waals surface area contributed by atoms with E-state index < -0.39 is 5.63 Å². The molecule has 0 unspecified atom stereocenters. The van der Waals surface area contributed by atoms with E-state index >= 15 is 0 Å². The lowest BCUT2D eigenvalue weighted by molar-refractivity contribution is 0.363. The van der Waals surface area contributed by atoms with Crippen molar-refractivity contribution >= 4 is 38.6 Å². The van der Waals surface area contributed by atoms with Gasteiger partial charge in [-0.1, -0.05) is 48.5 Å². The van der Waals surface area contributed by atoms with Crippen LogP contribution < -0.4 is 10.4 Å². The summed E-state index contributed by atoms with van der Waals surface area (Å²) in [6.07, 6.45) is 3.96. The molecule has 5 aromatic rings. The van der Waals surface area contributed by atoms with E-state index in [9.17, 15) is 4.79 Å². The second-order valence-electron chi connectivity index (χ2n) is 6.76. The topological polar surface area (TPSA) is 52.3 Å². The minimum absolute atomic E-state index is 0.400. The molecule has 0 spiro atoms. The van der Waals surface area contributed by atoms with Crippen LogP contribution in [-0.2, 0) is 0 Å². The van der Waals surface area contributed by atoms with Gasteiger partial charge in [-0.3, -0.25) is 0 Å². The van der Waals surface area contributed by atoms with Gasteiger partial charge in [0.15, 0.2) is 0 Å². The molecule has 0 bridgehead atoms. The molecule has 0 amide bonds. The Bertz CT molecular complexity index is 1380. The van der Waals surface area contributed by atoms with Gasteiger partial charge >= 0.3 is 5.63 Å². The van der Waals surface area contributed by atoms with Gasteiger partial charge in [-0.05, 0) is 42.0 Å². The third kappa shape index (κ3) is 3.75. The fourth-order valence-electron chi connectivity index (χ4n) is 3.21. The molecule has 3 aromatic carbocycles. The van der Waals surface area contributed by atoms with Crippen LogP contribution in [0.15, 0.2) is 94.2 Å². The molecule has 0 aliphatic rings. The zero-order valence-corrected chi connectivity index (χ0v) is 16.8. The van der Waals surface area contributed by atoms with Crippen molar-refractivity contribution in [2.45, 2.75) is 0 Å². The van der Waals surface area contributed by atoms with Crippen LogP contribution in [0.1, 0.15) is 5.56 Å². The number of aromatic nitrogens is 1. The van der Waals surface area contributed by atoms with Crippen molar-refractivity contribution in [3.63, 3.8) is 0 Å². The van der Waals surface area contributed by atoms with Gasteiger partial charge in [0.1, 0.15) is 22.9 Å². The van der Waals surface area contributed by atoms with Crippen molar-refractivity contribution in [2.75, 3.05) is 6.61 Å². The van der Waals surface area contributed by atoms with E-state index in [-0.39, 0.29) is 0 Å². The second-order valence-corrected chi connectivity index (χ2v) is 7.79. The summed E-state index contributed by atoms with van der Waals surface area (Å²) in [6, 6.07) is 25.2. The fraction of sp³-hybridized carbons (Fsp3) is 0.0400. The summed E-state index contributed by atoms with van der Waals surface area (Å²) in [6.45, 7) is 0.425. The number of para-hydroxylation sites is 1. The van der Waals surface area contributed by atoms with Crippen LogP contribution in [0.4, 0.5) is 0 Å². The molecule has 0 N–H and O–H groups in total. The molecular weight excluding hydrogens is 394 g/mol. The molecule has 5 rings (SSSR count). The summed E-state index contributed by atoms with van der Waals surface area (Å²) in [7, 11) is 0. The quantitative estimate of drug-likeness (QED) is 0.325. The van der Waals surface area contributed by atoms with E-state index in [1.807, 2.05) is 84.9 Å². The van der Waals surface area contributed by atoms with E-state index in [2.05, 4.69) is 4.98 Å². The maximum absolute atomic E-state index is 12.6. The van der Waals surface area contributed by atoms with Crippen LogP contribution in [0.2, 0.25) is 0 Å². The first-order chi connectivity index (χ1) is 14.8. The number of nitrogens with zero attached hydrogens (tertiary/aromatic N) is 1. The zero-order chi connectivity index (χ0) is 20.3. The van der Waals surface area contributed by atoms with Crippen molar-refractivity contribution in [2.24, 2.45) is 0 Å². The molecule has 0 aliphatic carbocycles. The zero-order valence-electron chi connectivity index (χ0n) is 15.9. The van der Waals surface area contributed by atoms with Crippen LogP contribution in [-0.4, -0.2) is 11.6 Å². The summed E-state index contributed by atoms with van der Waals surface area (Å²) in [5.74, 6) is 0.649. The number of rotatable bonds is 5. The normalized spacial score (nSPS) is 11.5. The van der Waals surface area contributed by atoms with Crippen molar-refractivity contribution in [1.82, 2.24) is 4.98 Å². The molecule has 146 valence electrons. The first-order valence-corrected chi connectivity index (χ1v) is 10.4. The van der Waals surface area contributed by atoms with Crippen molar-refractivity contribution in [3.8, 4) is 16.3 Å². The number of benzene rings is 3. The monoisotopic (exact) mass is 411 g/mol. The predicted octanol–water partition coefficient (Wildman–Crippen LogP) is 6.16. The number of thiazole rings is 1. The Morgan fingerprint density at radius 2 is 1.80 bits per heavy atom. The maximum atomic E-state index is 12.6.